The first-order valence-electron chi connectivity index (χ1n) is 8.57. The molecule has 0 heterocycles. The molecule has 0 unspecified atom stereocenters. The molecule has 7 heteroatoms. The average Bonchev–Trinajstić information content (AvgIpc) is 2.66. The van der Waals surface area contributed by atoms with E-state index in [9.17, 15) is 13.2 Å². The molecule has 0 bridgehead atoms. The predicted octanol–water partition coefficient (Wildman–Crippen LogP) is 3.31. The quantitative estimate of drug-likeness (QED) is 0.640. The molecule has 3 aromatic carbocycles. The Morgan fingerprint density at radius 3 is 2.39 bits per heavy atom. The summed E-state index contributed by atoms with van der Waals surface area (Å²) in [6.45, 7) is 0.249. The van der Waals surface area contributed by atoms with Crippen LogP contribution in [0, 0.1) is 0 Å². The van der Waals surface area contributed by atoms with Crippen molar-refractivity contribution in [1.82, 2.24) is 0 Å². The van der Waals surface area contributed by atoms with E-state index >= 15 is 0 Å². The van der Waals surface area contributed by atoms with Crippen molar-refractivity contribution in [2.45, 2.75) is 12.4 Å². The summed E-state index contributed by atoms with van der Waals surface area (Å²) in [6, 6.07) is 23.1. The van der Waals surface area contributed by atoms with Crippen LogP contribution in [0.2, 0.25) is 0 Å². The summed E-state index contributed by atoms with van der Waals surface area (Å²) in [7, 11) is -3.64. The maximum absolute atomic E-state index is 12.7. The number of benzene rings is 3. The van der Waals surface area contributed by atoms with Crippen molar-refractivity contribution in [3.05, 3.63) is 95.6 Å². The number of hydrogen-bond donors (Lipinski definition) is 2. The number of carbonyl (C=O) groups excluding carboxylic acids is 1. The first-order chi connectivity index (χ1) is 13.4. The minimum atomic E-state index is -3.64. The number of primary sulfonamides is 1. The number of para-hydroxylation sites is 1. The highest BCUT2D eigenvalue weighted by Crippen LogP contribution is 2.18. The predicted molar refractivity (Wildman–Crippen MR) is 108 cm³/mol. The average molecular weight is 396 g/mol. The van der Waals surface area contributed by atoms with Gasteiger partial charge in [0.05, 0.1) is 5.75 Å². The fourth-order valence-corrected chi connectivity index (χ4v) is 3.36. The molecule has 3 aromatic rings. The fraction of sp³-hybridized carbons (Fsp3) is 0.0952. The minimum absolute atomic E-state index is 0.249. The van der Waals surface area contributed by atoms with Crippen LogP contribution in [0.25, 0.3) is 0 Å². The molecule has 0 aliphatic carbocycles. The molecule has 0 saturated carbocycles. The van der Waals surface area contributed by atoms with Crippen LogP contribution in [-0.2, 0) is 22.4 Å². The molecular weight excluding hydrogens is 376 g/mol. The Labute approximate surface area is 164 Å². The van der Waals surface area contributed by atoms with E-state index in [1.807, 2.05) is 42.5 Å². The highest BCUT2D eigenvalue weighted by molar-refractivity contribution is 7.88. The zero-order chi connectivity index (χ0) is 20.0. The maximum atomic E-state index is 12.7. The van der Waals surface area contributed by atoms with Gasteiger partial charge in [0, 0.05) is 16.8 Å². The van der Waals surface area contributed by atoms with Gasteiger partial charge in [0.1, 0.15) is 12.4 Å². The van der Waals surface area contributed by atoms with Crippen molar-refractivity contribution in [3.8, 4) is 5.75 Å². The van der Waals surface area contributed by atoms with E-state index in [1.165, 1.54) is 0 Å². The summed E-state index contributed by atoms with van der Waals surface area (Å²) in [4.78, 5) is 12.7. The van der Waals surface area contributed by atoms with Crippen LogP contribution in [0.5, 0.6) is 5.75 Å². The highest BCUT2D eigenvalue weighted by Gasteiger charge is 2.13. The van der Waals surface area contributed by atoms with Gasteiger partial charge in [-0.15, -0.1) is 0 Å². The van der Waals surface area contributed by atoms with Gasteiger partial charge >= 0.3 is 0 Å². The third-order valence-electron chi connectivity index (χ3n) is 3.95. The number of sulfonamides is 1. The Morgan fingerprint density at radius 1 is 0.929 bits per heavy atom. The molecule has 0 aliphatic heterocycles. The van der Waals surface area contributed by atoms with Gasteiger partial charge in [-0.25, -0.2) is 13.6 Å². The molecule has 0 fully saturated rings. The van der Waals surface area contributed by atoms with E-state index in [-0.39, 0.29) is 18.3 Å². The molecule has 0 spiro atoms. The van der Waals surface area contributed by atoms with E-state index in [1.54, 1.807) is 36.4 Å². The van der Waals surface area contributed by atoms with Crippen LogP contribution in [-0.4, -0.2) is 14.3 Å². The summed E-state index contributed by atoms with van der Waals surface area (Å²) in [5.74, 6) is 0.117. The molecule has 28 heavy (non-hydrogen) atoms. The lowest BCUT2D eigenvalue weighted by Gasteiger charge is -2.12. The Hall–Kier alpha value is -3.16. The normalized spacial score (nSPS) is 11.0. The van der Waals surface area contributed by atoms with Gasteiger partial charge in [0.25, 0.3) is 5.91 Å². The topological polar surface area (TPSA) is 98.5 Å². The van der Waals surface area contributed by atoms with E-state index in [0.717, 1.165) is 5.56 Å². The summed E-state index contributed by atoms with van der Waals surface area (Å²) in [5.41, 5.74) is 2.21. The second-order valence-corrected chi connectivity index (χ2v) is 7.83. The van der Waals surface area contributed by atoms with Gasteiger partial charge in [-0.2, -0.15) is 0 Å². The largest absolute Gasteiger partial charge is 0.489 e. The maximum Gasteiger partial charge on any atom is 0.256 e. The number of ether oxygens (including phenoxy) is 1. The molecule has 3 rings (SSSR count). The van der Waals surface area contributed by atoms with Crippen LogP contribution >= 0.6 is 0 Å². The Kier molecular flexibility index (Phi) is 6.08. The number of carbonyl (C=O) groups is 1. The van der Waals surface area contributed by atoms with E-state index in [0.29, 0.717) is 22.6 Å². The van der Waals surface area contributed by atoms with Crippen LogP contribution in [0.1, 0.15) is 21.5 Å². The van der Waals surface area contributed by atoms with Gasteiger partial charge in [0.2, 0.25) is 10.0 Å². The Bertz CT molecular complexity index is 1070. The highest BCUT2D eigenvalue weighted by atomic mass is 32.2. The van der Waals surface area contributed by atoms with Crippen LogP contribution in [0.15, 0.2) is 78.9 Å². The summed E-state index contributed by atoms with van der Waals surface area (Å²) in [6.07, 6.45) is 0. The van der Waals surface area contributed by atoms with Crippen LogP contribution in [0.4, 0.5) is 5.69 Å². The van der Waals surface area contributed by atoms with E-state index < -0.39 is 10.0 Å². The minimum Gasteiger partial charge on any atom is -0.489 e. The van der Waals surface area contributed by atoms with Crippen LogP contribution in [0.3, 0.4) is 0 Å². The standard InChI is InChI=1S/C21H20N2O4S/c22-28(25,26)15-16-7-6-9-18(13-16)23-21(24)20-12-5-4-8-17(20)14-27-19-10-2-1-3-11-19/h1-13H,14-15H2,(H,23,24)(H2,22,25,26). The lowest BCUT2D eigenvalue weighted by Crippen LogP contribution is -2.16. The molecule has 0 saturated heterocycles. The molecule has 0 atom stereocenters. The first-order valence-corrected chi connectivity index (χ1v) is 10.3. The van der Waals surface area contributed by atoms with Crippen molar-refractivity contribution >= 4 is 21.6 Å². The smallest absolute Gasteiger partial charge is 0.256 e. The molecule has 6 nitrogen and oxygen atoms in total. The Morgan fingerprint density at radius 2 is 1.64 bits per heavy atom. The summed E-state index contributed by atoms with van der Waals surface area (Å²) < 4.78 is 28.3. The fourth-order valence-electron chi connectivity index (χ4n) is 2.72. The molecule has 0 radical (unpaired) electrons. The lowest BCUT2D eigenvalue weighted by molar-refractivity contribution is 0.102. The lowest BCUT2D eigenvalue weighted by atomic mass is 10.1. The van der Waals surface area contributed by atoms with Gasteiger partial charge in [-0.3, -0.25) is 4.79 Å². The molecular formula is C21H20N2O4S. The Balaban J connectivity index is 1.73. The van der Waals surface area contributed by atoms with Gasteiger partial charge in [-0.1, -0.05) is 48.5 Å². The molecule has 0 aliphatic rings. The zero-order valence-corrected chi connectivity index (χ0v) is 15.9. The third-order valence-corrected chi connectivity index (χ3v) is 4.69. The zero-order valence-electron chi connectivity index (χ0n) is 15.0. The van der Waals surface area contributed by atoms with Gasteiger partial charge < -0.3 is 10.1 Å². The van der Waals surface area contributed by atoms with Gasteiger partial charge in [-0.05, 0) is 35.9 Å². The molecule has 0 aromatic heterocycles. The van der Waals surface area contributed by atoms with Crippen molar-refractivity contribution in [2.24, 2.45) is 5.14 Å². The molecule has 144 valence electrons. The van der Waals surface area contributed by atoms with Gasteiger partial charge in [0.15, 0.2) is 0 Å². The third kappa shape index (κ3) is 5.67. The monoisotopic (exact) mass is 396 g/mol. The number of nitrogens with two attached hydrogens (primary N) is 1. The van der Waals surface area contributed by atoms with E-state index in [2.05, 4.69) is 5.32 Å². The number of hydrogen-bond acceptors (Lipinski definition) is 4. The number of nitrogens with one attached hydrogen (secondary N) is 1. The molecule has 3 N–H and O–H groups in total. The number of rotatable bonds is 7. The second-order valence-electron chi connectivity index (χ2n) is 6.22. The van der Waals surface area contributed by atoms with Crippen molar-refractivity contribution in [3.63, 3.8) is 0 Å². The number of amides is 1. The second kappa shape index (κ2) is 8.69. The van der Waals surface area contributed by atoms with Crippen molar-refractivity contribution < 1.29 is 17.9 Å². The van der Waals surface area contributed by atoms with E-state index in [4.69, 9.17) is 9.88 Å². The summed E-state index contributed by atoms with van der Waals surface area (Å²) in [5, 5.41) is 7.87. The SMILES string of the molecule is NS(=O)(=O)Cc1cccc(NC(=O)c2ccccc2COc2ccccc2)c1. The number of anilines is 1. The molecule has 1 amide bonds. The van der Waals surface area contributed by atoms with Crippen molar-refractivity contribution in [2.75, 3.05) is 5.32 Å². The first kappa shape index (κ1) is 19.6. The van der Waals surface area contributed by atoms with Crippen molar-refractivity contribution in [1.29, 1.82) is 0 Å². The van der Waals surface area contributed by atoms with Crippen LogP contribution < -0.4 is 15.2 Å². The summed E-state index contributed by atoms with van der Waals surface area (Å²) >= 11 is 0.